The lowest BCUT2D eigenvalue weighted by molar-refractivity contribution is -0.113. The molecule has 152 valence electrons. The van der Waals surface area contributed by atoms with Crippen LogP contribution in [0.5, 0.6) is 0 Å². The SMILES string of the molecule is Cc1ccc(N2C(=O)C(=Cc3ccc(SCc4ccc(Cl)cc4)o3)SC2=S)c(C)c1. The topological polar surface area (TPSA) is 33.5 Å². The Labute approximate surface area is 194 Å². The predicted octanol–water partition coefficient (Wildman–Crippen LogP) is 7.25. The molecule has 3 aromatic rings. The molecule has 0 aliphatic carbocycles. The highest BCUT2D eigenvalue weighted by molar-refractivity contribution is 8.27. The van der Waals surface area contributed by atoms with E-state index < -0.39 is 0 Å². The van der Waals surface area contributed by atoms with E-state index in [1.807, 2.05) is 68.4 Å². The monoisotopic (exact) mass is 471 g/mol. The van der Waals surface area contributed by atoms with Gasteiger partial charge in [0.2, 0.25) is 0 Å². The van der Waals surface area contributed by atoms with Crippen LogP contribution in [-0.4, -0.2) is 10.2 Å². The molecule has 0 spiro atoms. The highest BCUT2D eigenvalue weighted by Crippen LogP contribution is 2.38. The van der Waals surface area contributed by atoms with Gasteiger partial charge in [0.25, 0.3) is 5.91 Å². The van der Waals surface area contributed by atoms with Crippen molar-refractivity contribution in [2.75, 3.05) is 4.90 Å². The van der Waals surface area contributed by atoms with E-state index in [0.717, 1.165) is 38.2 Å². The van der Waals surface area contributed by atoms with E-state index in [0.29, 0.717) is 15.0 Å². The van der Waals surface area contributed by atoms with Crippen molar-refractivity contribution < 1.29 is 9.21 Å². The average Bonchev–Trinajstić information content (AvgIpc) is 3.26. The molecule has 1 saturated heterocycles. The minimum atomic E-state index is -0.122. The zero-order valence-corrected chi connectivity index (χ0v) is 19.6. The first-order valence-corrected chi connectivity index (χ1v) is 11.8. The van der Waals surface area contributed by atoms with E-state index in [1.165, 1.54) is 11.8 Å². The molecule has 2 aromatic carbocycles. The van der Waals surface area contributed by atoms with Gasteiger partial charge in [0.15, 0.2) is 9.41 Å². The van der Waals surface area contributed by atoms with Crippen LogP contribution in [0.3, 0.4) is 0 Å². The molecule has 0 N–H and O–H groups in total. The molecular formula is C23H18ClNO2S3. The van der Waals surface area contributed by atoms with Gasteiger partial charge in [-0.15, -0.1) is 0 Å². The van der Waals surface area contributed by atoms with Crippen molar-refractivity contribution in [3.05, 3.63) is 87.0 Å². The van der Waals surface area contributed by atoms with Gasteiger partial charge in [-0.05, 0) is 55.3 Å². The Morgan fingerprint density at radius 3 is 2.63 bits per heavy atom. The number of halogens is 1. The second-order valence-corrected chi connectivity index (χ2v) is 9.97. The fourth-order valence-electron chi connectivity index (χ4n) is 3.09. The Hall–Kier alpha value is -1.99. The third-order valence-corrected chi connectivity index (χ3v) is 7.09. The average molecular weight is 472 g/mol. The van der Waals surface area contributed by atoms with Crippen LogP contribution in [0, 0.1) is 13.8 Å². The Morgan fingerprint density at radius 1 is 1.13 bits per heavy atom. The van der Waals surface area contributed by atoms with Crippen LogP contribution in [0.4, 0.5) is 5.69 Å². The summed E-state index contributed by atoms with van der Waals surface area (Å²) in [5.41, 5.74) is 4.16. The number of benzene rings is 2. The van der Waals surface area contributed by atoms with E-state index in [2.05, 4.69) is 0 Å². The molecule has 0 saturated carbocycles. The molecule has 0 radical (unpaired) electrons. The fourth-order valence-corrected chi connectivity index (χ4v) is 5.30. The van der Waals surface area contributed by atoms with Crippen molar-refractivity contribution in [2.45, 2.75) is 24.7 Å². The molecule has 30 heavy (non-hydrogen) atoms. The van der Waals surface area contributed by atoms with Gasteiger partial charge in [0.05, 0.1) is 10.6 Å². The largest absolute Gasteiger partial charge is 0.450 e. The molecule has 0 unspecified atom stereocenters. The van der Waals surface area contributed by atoms with E-state index in [-0.39, 0.29) is 5.91 Å². The van der Waals surface area contributed by atoms with Gasteiger partial charge in [0, 0.05) is 16.9 Å². The number of rotatable bonds is 5. The summed E-state index contributed by atoms with van der Waals surface area (Å²) in [6.45, 7) is 4.02. The molecular weight excluding hydrogens is 454 g/mol. The second-order valence-electron chi connectivity index (χ2n) is 6.88. The molecule has 4 rings (SSSR count). The van der Waals surface area contributed by atoms with E-state index in [4.69, 9.17) is 28.2 Å². The highest BCUT2D eigenvalue weighted by atomic mass is 35.5. The van der Waals surface area contributed by atoms with Crippen LogP contribution in [-0.2, 0) is 10.5 Å². The van der Waals surface area contributed by atoms with E-state index in [9.17, 15) is 4.79 Å². The fraction of sp³-hybridized carbons (Fsp3) is 0.130. The van der Waals surface area contributed by atoms with Gasteiger partial charge < -0.3 is 4.42 Å². The number of carbonyl (C=O) groups is 1. The first kappa shape index (κ1) is 21.2. The van der Waals surface area contributed by atoms with Gasteiger partial charge in [-0.25, -0.2) is 0 Å². The van der Waals surface area contributed by atoms with Crippen LogP contribution in [0.1, 0.15) is 22.5 Å². The van der Waals surface area contributed by atoms with Gasteiger partial charge in [0.1, 0.15) is 5.76 Å². The molecule has 1 aliphatic rings. The van der Waals surface area contributed by atoms with Crippen LogP contribution >= 0.6 is 47.3 Å². The maximum atomic E-state index is 13.0. The third-order valence-electron chi connectivity index (χ3n) is 4.56. The molecule has 7 heteroatoms. The minimum absolute atomic E-state index is 0.122. The molecule has 3 nitrogen and oxygen atoms in total. The van der Waals surface area contributed by atoms with Crippen molar-refractivity contribution in [3.8, 4) is 0 Å². The lowest BCUT2D eigenvalue weighted by Gasteiger charge is -2.17. The number of nitrogens with zero attached hydrogens (tertiary/aromatic N) is 1. The van der Waals surface area contributed by atoms with Crippen molar-refractivity contribution >= 4 is 69.3 Å². The maximum Gasteiger partial charge on any atom is 0.270 e. The number of aryl methyl sites for hydroxylation is 2. The maximum absolute atomic E-state index is 13.0. The zero-order valence-electron chi connectivity index (χ0n) is 16.3. The number of furan rings is 1. The van der Waals surface area contributed by atoms with Gasteiger partial charge >= 0.3 is 0 Å². The lowest BCUT2D eigenvalue weighted by Crippen LogP contribution is -2.28. The van der Waals surface area contributed by atoms with Crippen molar-refractivity contribution in [1.82, 2.24) is 0 Å². The number of carbonyl (C=O) groups excluding carboxylic acids is 1. The second kappa shape index (κ2) is 9.02. The van der Waals surface area contributed by atoms with E-state index in [1.54, 1.807) is 22.7 Å². The lowest BCUT2D eigenvalue weighted by atomic mass is 10.1. The number of amides is 1. The van der Waals surface area contributed by atoms with Gasteiger partial charge in [-0.3, -0.25) is 9.69 Å². The number of hydrogen-bond donors (Lipinski definition) is 0. The summed E-state index contributed by atoms with van der Waals surface area (Å²) >= 11 is 14.3. The smallest absolute Gasteiger partial charge is 0.270 e. The van der Waals surface area contributed by atoms with Crippen LogP contribution in [0.15, 0.2) is 69.0 Å². The Balaban J connectivity index is 1.48. The predicted molar refractivity (Wildman–Crippen MR) is 131 cm³/mol. The molecule has 2 heterocycles. The standard InChI is InChI=1S/C23H18ClNO2S3/c1-14-3-9-19(15(2)11-14)25-22(26)20(30-23(25)28)12-18-8-10-21(27-18)29-13-16-4-6-17(24)7-5-16/h3-12H,13H2,1-2H3. The Bertz CT molecular complexity index is 1150. The number of anilines is 1. The minimum Gasteiger partial charge on any atom is -0.450 e. The molecule has 1 fully saturated rings. The molecule has 1 aromatic heterocycles. The van der Waals surface area contributed by atoms with Crippen LogP contribution in [0.25, 0.3) is 6.08 Å². The Kier molecular flexibility index (Phi) is 6.39. The molecule has 0 bridgehead atoms. The summed E-state index contributed by atoms with van der Waals surface area (Å²) in [4.78, 5) is 15.2. The Morgan fingerprint density at radius 2 is 1.90 bits per heavy atom. The van der Waals surface area contributed by atoms with E-state index >= 15 is 0 Å². The zero-order chi connectivity index (χ0) is 21.3. The third kappa shape index (κ3) is 4.67. The first-order chi connectivity index (χ1) is 14.4. The quantitative estimate of drug-likeness (QED) is 0.222. The summed E-state index contributed by atoms with van der Waals surface area (Å²) in [6, 6.07) is 17.5. The van der Waals surface area contributed by atoms with Crippen molar-refractivity contribution in [3.63, 3.8) is 0 Å². The van der Waals surface area contributed by atoms with Gasteiger partial charge in [-0.2, -0.15) is 0 Å². The van der Waals surface area contributed by atoms with Gasteiger partial charge in [-0.1, -0.05) is 77.2 Å². The number of hydrogen-bond acceptors (Lipinski definition) is 5. The molecule has 0 atom stereocenters. The molecule has 1 amide bonds. The number of thiocarbonyl (C=S) groups is 1. The van der Waals surface area contributed by atoms with Crippen LogP contribution < -0.4 is 4.90 Å². The normalized spacial score (nSPS) is 15.4. The summed E-state index contributed by atoms with van der Waals surface area (Å²) in [6.07, 6.45) is 1.76. The molecule has 1 aliphatic heterocycles. The summed E-state index contributed by atoms with van der Waals surface area (Å²) < 4.78 is 6.42. The van der Waals surface area contributed by atoms with Crippen LogP contribution in [0.2, 0.25) is 5.02 Å². The van der Waals surface area contributed by atoms with Crippen molar-refractivity contribution in [1.29, 1.82) is 0 Å². The highest BCUT2D eigenvalue weighted by Gasteiger charge is 2.34. The van der Waals surface area contributed by atoms with Crippen molar-refractivity contribution in [2.24, 2.45) is 0 Å². The summed E-state index contributed by atoms with van der Waals surface area (Å²) in [5, 5.41) is 1.52. The summed E-state index contributed by atoms with van der Waals surface area (Å²) in [5.74, 6) is 1.29. The first-order valence-electron chi connectivity index (χ1n) is 9.23. The summed E-state index contributed by atoms with van der Waals surface area (Å²) in [7, 11) is 0. The number of thioether (sulfide) groups is 2.